The number of hydrogen-bond acceptors (Lipinski definition) is 3. The summed E-state index contributed by atoms with van der Waals surface area (Å²) in [6, 6.07) is 13.9. The van der Waals surface area contributed by atoms with Gasteiger partial charge in [0.2, 0.25) is 0 Å². The third-order valence-corrected chi connectivity index (χ3v) is 3.54. The summed E-state index contributed by atoms with van der Waals surface area (Å²) in [5.74, 6) is 0.699. The molecule has 1 amide bonds. The second-order valence-corrected chi connectivity index (χ2v) is 5.59. The predicted molar refractivity (Wildman–Crippen MR) is 90.2 cm³/mol. The minimum Gasteiger partial charge on any atom is -0.480 e. The fourth-order valence-electron chi connectivity index (χ4n) is 2.29. The summed E-state index contributed by atoms with van der Waals surface area (Å²) < 4.78 is 5.97. The Labute approximate surface area is 132 Å². The first-order chi connectivity index (χ1) is 10.6. The van der Waals surface area contributed by atoms with Crippen LogP contribution in [-0.4, -0.2) is 44.1 Å². The Kier molecular flexibility index (Phi) is 5.78. The van der Waals surface area contributed by atoms with Gasteiger partial charge in [-0.15, -0.1) is 0 Å². The molecule has 0 aliphatic rings. The number of ether oxygens (including phenoxy) is 1. The van der Waals surface area contributed by atoms with Gasteiger partial charge in [0.05, 0.1) is 0 Å². The molecule has 2 rings (SSSR count). The number of amides is 1. The molecule has 1 atom stereocenters. The highest BCUT2D eigenvalue weighted by Crippen LogP contribution is 2.26. The van der Waals surface area contributed by atoms with Gasteiger partial charge in [-0.3, -0.25) is 4.79 Å². The van der Waals surface area contributed by atoms with Crippen molar-refractivity contribution in [3.8, 4) is 5.75 Å². The molecule has 0 bridgehead atoms. The molecule has 0 fully saturated rings. The summed E-state index contributed by atoms with van der Waals surface area (Å²) in [5, 5.41) is 5.07. The van der Waals surface area contributed by atoms with Crippen molar-refractivity contribution in [2.24, 2.45) is 0 Å². The Morgan fingerprint density at radius 2 is 1.91 bits per heavy atom. The van der Waals surface area contributed by atoms with E-state index in [0.29, 0.717) is 13.0 Å². The first kappa shape index (κ1) is 16.3. The van der Waals surface area contributed by atoms with Gasteiger partial charge in [-0.1, -0.05) is 43.3 Å². The van der Waals surface area contributed by atoms with E-state index in [-0.39, 0.29) is 5.91 Å². The molecule has 0 unspecified atom stereocenters. The molecular formula is C18H24N2O2. The van der Waals surface area contributed by atoms with Crippen molar-refractivity contribution in [3.63, 3.8) is 0 Å². The molecule has 0 saturated heterocycles. The van der Waals surface area contributed by atoms with E-state index in [1.807, 2.05) is 68.4 Å². The lowest BCUT2D eigenvalue weighted by Crippen LogP contribution is -2.40. The molecule has 4 heteroatoms. The van der Waals surface area contributed by atoms with Gasteiger partial charge < -0.3 is 15.0 Å². The maximum Gasteiger partial charge on any atom is 0.261 e. The number of carbonyl (C=O) groups excluding carboxylic acids is 1. The van der Waals surface area contributed by atoms with Crippen LogP contribution in [0, 0.1) is 0 Å². The van der Waals surface area contributed by atoms with Gasteiger partial charge in [0, 0.05) is 18.5 Å². The highest BCUT2D eigenvalue weighted by molar-refractivity contribution is 5.89. The van der Waals surface area contributed by atoms with E-state index in [0.717, 1.165) is 23.1 Å². The lowest BCUT2D eigenvalue weighted by Gasteiger charge is -2.19. The number of nitrogens with one attached hydrogen (secondary N) is 1. The Morgan fingerprint density at radius 3 is 2.64 bits per heavy atom. The molecule has 0 aliphatic heterocycles. The number of carbonyl (C=O) groups is 1. The van der Waals surface area contributed by atoms with E-state index in [9.17, 15) is 4.79 Å². The summed E-state index contributed by atoms with van der Waals surface area (Å²) in [4.78, 5) is 14.3. The van der Waals surface area contributed by atoms with Crippen molar-refractivity contribution in [1.29, 1.82) is 0 Å². The zero-order valence-corrected chi connectivity index (χ0v) is 13.5. The summed E-state index contributed by atoms with van der Waals surface area (Å²) in [7, 11) is 3.96. The number of nitrogens with zero attached hydrogens (tertiary/aromatic N) is 1. The Bertz CT molecular complexity index is 620. The van der Waals surface area contributed by atoms with Crippen LogP contribution in [0.25, 0.3) is 10.8 Å². The predicted octanol–water partition coefficient (Wildman–Crippen LogP) is 2.68. The lowest BCUT2D eigenvalue weighted by atomic mass is 10.1. The first-order valence-electron chi connectivity index (χ1n) is 7.68. The first-order valence-corrected chi connectivity index (χ1v) is 7.68. The molecule has 0 saturated carbocycles. The van der Waals surface area contributed by atoms with E-state index >= 15 is 0 Å². The smallest absolute Gasteiger partial charge is 0.261 e. The summed E-state index contributed by atoms with van der Waals surface area (Å²) in [6.07, 6.45) is 0.171. The van der Waals surface area contributed by atoms with Gasteiger partial charge in [-0.25, -0.2) is 0 Å². The van der Waals surface area contributed by atoms with E-state index in [1.54, 1.807) is 0 Å². The zero-order valence-electron chi connectivity index (χ0n) is 13.5. The monoisotopic (exact) mass is 300 g/mol. The molecular weight excluding hydrogens is 276 g/mol. The van der Waals surface area contributed by atoms with Crippen LogP contribution in [0.15, 0.2) is 42.5 Å². The van der Waals surface area contributed by atoms with Crippen molar-refractivity contribution >= 4 is 16.7 Å². The van der Waals surface area contributed by atoms with Crippen LogP contribution >= 0.6 is 0 Å². The van der Waals surface area contributed by atoms with Crippen LogP contribution in [0.5, 0.6) is 5.75 Å². The highest BCUT2D eigenvalue weighted by Gasteiger charge is 2.18. The molecule has 118 valence electrons. The largest absolute Gasteiger partial charge is 0.480 e. The topological polar surface area (TPSA) is 41.6 Å². The second-order valence-electron chi connectivity index (χ2n) is 5.59. The van der Waals surface area contributed by atoms with Crippen LogP contribution in [0.1, 0.15) is 13.3 Å². The minimum atomic E-state index is -0.465. The Hall–Kier alpha value is -2.07. The van der Waals surface area contributed by atoms with Gasteiger partial charge in [0.15, 0.2) is 6.10 Å². The standard InChI is InChI=1S/C18H24N2O2/c1-4-16(18(21)19-12-13-20(2)3)22-17-11-7-9-14-8-5-6-10-15(14)17/h5-11,16H,4,12-13H2,1-3H3,(H,19,21)/t16-/m1/s1. The van der Waals surface area contributed by atoms with Gasteiger partial charge in [-0.05, 0) is 32.0 Å². The molecule has 22 heavy (non-hydrogen) atoms. The average molecular weight is 300 g/mol. The summed E-state index contributed by atoms with van der Waals surface area (Å²) in [5.41, 5.74) is 0. The second kappa shape index (κ2) is 7.80. The van der Waals surface area contributed by atoms with E-state index in [4.69, 9.17) is 4.74 Å². The van der Waals surface area contributed by atoms with Gasteiger partial charge in [-0.2, -0.15) is 0 Å². The van der Waals surface area contributed by atoms with Gasteiger partial charge in [0.25, 0.3) is 5.91 Å². The molecule has 0 radical (unpaired) electrons. The maximum atomic E-state index is 12.2. The molecule has 0 aromatic heterocycles. The van der Waals surface area contributed by atoms with Crippen molar-refractivity contribution in [2.45, 2.75) is 19.4 Å². The van der Waals surface area contributed by atoms with Crippen LogP contribution in [0.4, 0.5) is 0 Å². The van der Waals surface area contributed by atoms with Crippen LogP contribution < -0.4 is 10.1 Å². The summed E-state index contributed by atoms with van der Waals surface area (Å²) in [6.45, 7) is 3.40. The normalized spacial score (nSPS) is 12.4. The third-order valence-electron chi connectivity index (χ3n) is 3.54. The van der Waals surface area contributed by atoms with Crippen molar-refractivity contribution < 1.29 is 9.53 Å². The maximum absolute atomic E-state index is 12.2. The van der Waals surface area contributed by atoms with Gasteiger partial charge in [0.1, 0.15) is 5.75 Å². The number of benzene rings is 2. The van der Waals surface area contributed by atoms with Crippen LogP contribution in [0.3, 0.4) is 0 Å². The minimum absolute atomic E-state index is 0.0581. The number of rotatable bonds is 7. The fraction of sp³-hybridized carbons (Fsp3) is 0.389. The zero-order chi connectivity index (χ0) is 15.9. The summed E-state index contributed by atoms with van der Waals surface area (Å²) >= 11 is 0. The quantitative estimate of drug-likeness (QED) is 0.855. The molecule has 2 aromatic carbocycles. The van der Waals surface area contributed by atoms with Crippen LogP contribution in [0.2, 0.25) is 0 Å². The van der Waals surface area contributed by atoms with E-state index in [1.165, 1.54) is 0 Å². The van der Waals surface area contributed by atoms with Crippen molar-refractivity contribution in [2.75, 3.05) is 27.2 Å². The molecule has 0 heterocycles. The van der Waals surface area contributed by atoms with E-state index < -0.39 is 6.10 Å². The third kappa shape index (κ3) is 4.21. The van der Waals surface area contributed by atoms with Crippen LogP contribution in [-0.2, 0) is 4.79 Å². The van der Waals surface area contributed by atoms with Crippen molar-refractivity contribution in [3.05, 3.63) is 42.5 Å². The molecule has 0 aliphatic carbocycles. The van der Waals surface area contributed by atoms with Gasteiger partial charge >= 0.3 is 0 Å². The molecule has 1 N–H and O–H groups in total. The number of fused-ring (bicyclic) bond motifs is 1. The molecule has 4 nitrogen and oxygen atoms in total. The Morgan fingerprint density at radius 1 is 1.18 bits per heavy atom. The highest BCUT2D eigenvalue weighted by atomic mass is 16.5. The average Bonchev–Trinajstić information content (AvgIpc) is 2.52. The van der Waals surface area contributed by atoms with E-state index in [2.05, 4.69) is 5.32 Å². The fourth-order valence-corrected chi connectivity index (χ4v) is 2.29. The van der Waals surface area contributed by atoms with Crippen molar-refractivity contribution in [1.82, 2.24) is 10.2 Å². The SMILES string of the molecule is CC[C@@H](Oc1cccc2ccccc12)C(=O)NCCN(C)C. The molecule has 2 aromatic rings. The lowest BCUT2D eigenvalue weighted by molar-refractivity contribution is -0.128. The molecule has 0 spiro atoms. The Balaban J connectivity index is 2.07. The number of hydrogen-bond donors (Lipinski definition) is 1. The number of likely N-dealkylation sites (N-methyl/N-ethyl adjacent to an activating group) is 1.